The van der Waals surface area contributed by atoms with E-state index >= 15 is 0 Å². The highest BCUT2D eigenvalue weighted by Gasteiger charge is 2.23. The number of imide groups is 1. The van der Waals surface area contributed by atoms with Gasteiger partial charge in [0, 0.05) is 37.3 Å². The summed E-state index contributed by atoms with van der Waals surface area (Å²) >= 11 is 0. The van der Waals surface area contributed by atoms with E-state index in [0.29, 0.717) is 56.4 Å². The third-order valence-corrected chi connectivity index (χ3v) is 6.28. The van der Waals surface area contributed by atoms with Crippen LogP contribution in [0.1, 0.15) is 105 Å². The number of hydrogen-bond acceptors (Lipinski definition) is 8. The zero-order valence-corrected chi connectivity index (χ0v) is 29.8. The number of unbranched alkanes of at least 4 members (excludes halogenated alkanes) is 3. The van der Waals surface area contributed by atoms with Gasteiger partial charge in [-0.3, -0.25) is 28.9 Å². The van der Waals surface area contributed by atoms with Crippen molar-refractivity contribution in [3.63, 3.8) is 0 Å². The van der Waals surface area contributed by atoms with Gasteiger partial charge in [0.05, 0.1) is 13.2 Å². The van der Waals surface area contributed by atoms with E-state index in [4.69, 9.17) is 4.74 Å². The van der Waals surface area contributed by atoms with Crippen LogP contribution in [0.25, 0.3) is 0 Å². The number of carbonyl (C=O) groups is 6. The normalized spacial score (nSPS) is 12.5. The van der Waals surface area contributed by atoms with Crippen LogP contribution in [0.5, 0.6) is 0 Å². The van der Waals surface area contributed by atoms with Gasteiger partial charge < -0.3 is 31.1 Å². The van der Waals surface area contributed by atoms with Gasteiger partial charge in [-0.05, 0) is 70.6 Å². The van der Waals surface area contributed by atoms with E-state index in [0.717, 1.165) is 4.90 Å². The van der Waals surface area contributed by atoms with E-state index in [-0.39, 0.29) is 43.7 Å². The van der Waals surface area contributed by atoms with Crippen LogP contribution in [0.4, 0.5) is 10.5 Å². The Morgan fingerprint density at radius 3 is 2.02 bits per heavy atom. The van der Waals surface area contributed by atoms with Gasteiger partial charge in [0.2, 0.25) is 17.7 Å². The monoisotopic (exact) mass is 675 g/mol. The van der Waals surface area contributed by atoms with Gasteiger partial charge in [-0.15, -0.1) is 0 Å². The molecule has 0 spiro atoms. The minimum atomic E-state index is -0.894. The fourth-order valence-electron chi connectivity index (χ4n) is 4.07. The average Bonchev–Trinajstić information content (AvgIpc) is 3.36. The second-order valence-electron chi connectivity index (χ2n) is 11.8. The third-order valence-electron chi connectivity index (χ3n) is 6.28. The molecule has 0 saturated heterocycles. The number of aliphatic hydroxyl groups is 1. The van der Waals surface area contributed by atoms with Crippen molar-refractivity contribution in [2.24, 2.45) is 0 Å². The minimum absolute atomic E-state index is 0.131. The number of alkyl carbamates (subject to hydrolysis) is 1. The summed E-state index contributed by atoms with van der Waals surface area (Å²) in [5, 5.41) is 19.8. The Kier molecular flexibility index (Phi) is 22.6. The first kappa shape index (κ1) is 43.7. The molecule has 48 heavy (non-hydrogen) atoms. The second kappa shape index (κ2) is 24.9. The number of nitrogens with one attached hydrogen (secondary N) is 4. The number of hydrogen-bond donors (Lipinski definition) is 5. The molecule has 0 aromatic heterocycles. The van der Waals surface area contributed by atoms with Gasteiger partial charge in [-0.25, -0.2) is 4.79 Å². The van der Waals surface area contributed by atoms with Crippen molar-refractivity contribution < 1.29 is 38.6 Å². The molecule has 0 bridgehead atoms. The van der Waals surface area contributed by atoms with Crippen LogP contribution in [0.2, 0.25) is 0 Å². The van der Waals surface area contributed by atoms with Crippen molar-refractivity contribution in [1.29, 1.82) is 0 Å². The lowest BCUT2D eigenvalue weighted by Crippen LogP contribution is -2.47. The van der Waals surface area contributed by atoms with Crippen LogP contribution in [-0.2, 0) is 35.3 Å². The first-order valence-electron chi connectivity index (χ1n) is 16.9. The molecular weight excluding hydrogens is 618 g/mol. The standard InChI is InChI=1S/C30H43N5O8.C3H8.C2H6/c1-30(2,3)43-29(42)31-17-7-6-9-23(28(41)33-22-13-11-21(20-36)12-14-22)34-25(38)19-32-24(37)10-5-4-8-18-35-26(39)15-16-27(35)40;1-3-2;1-2/h11-16,23,36H,4-10,17-20H2,1-3H3,(H,31,42)(H,32,37)(H,33,41)(H,34,38);3H2,1-2H3;1-2H3. The molecule has 1 atom stereocenters. The van der Waals surface area contributed by atoms with Crippen LogP contribution < -0.4 is 21.3 Å². The highest BCUT2D eigenvalue weighted by molar-refractivity contribution is 6.12. The molecule has 1 aromatic rings. The van der Waals surface area contributed by atoms with Crippen LogP contribution >= 0.6 is 0 Å². The summed E-state index contributed by atoms with van der Waals surface area (Å²) in [6, 6.07) is 5.73. The summed E-state index contributed by atoms with van der Waals surface area (Å²) in [7, 11) is 0. The van der Waals surface area contributed by atoms with Gasteiger partial charge in [0.1, 0.15) is 11.6 Å². The third kappa shape index (κ3) is 20.1. The topological polar surface area (TPSA) is 183 Å². The van der Waals surface area contributed by atoms with E-state index in [1.54, 1.807) is 45.0 Å². The van der Waals surface area contributed by atoms with Crippen molar-refractivity contribution in [2.45, 2.75) is 118 Å². The Bertz CT molecular complexity index is 1160. The molecule has 5 N–H and O–H groups in total. The molecule has 1 unspecified atom stereocenters. The van der Waals surface area contributed by atoms with Crippen LogP contribution in [0.15, 0.2) is 36.4 Å². The maximum absolute atomic E-state index is 13.0. The number of anilines is 1. The Morgan fingerprint density at radius 1 is 0.854 bits per heavy atom. The summed E-state index contributed by atoms with van der Waals surface area (Å²) < 4.78 is 5.20. The molecule has 0 fully saturated rings. The molecule has 270 valence electrons. The maximum atomic E-state index is 13.0. The average molecular weight is 676 g/mol. The van der Waals surface area contributed by atoms with Gasteiger partial charge in [0.25, 0.3) is 11.8 Å². The second-order valence-corrected chi connectivity index (χ2v) is 11.8. The van der Waals surface area contributed by atoms with Gasteiger partial charge in [-0.1, -0.05) is 52.7 Å². The van der Waals surface area contributed by atoms with Crippen molar-refractivity contribution in [3.8, 4) is 0 Å². The van der Waals surface area contributed by atoms with Gasteiger partial charge in [0.15, 0.2) is 0 Å². The van der Waals surface area contributed by atoms with E-state index in [9.17, 15) is 33.9 Å². The molecule has 1 heterocycles. The van der Waals surface area contributed by atoms with E-state index in [1.165, 1.54) is 18.6 Å². The molecule has 0 saturated carbocycles. The van der Waals surface area contributed by atoms with Crippen molar-refractivity contribution in [3.05, 3.63) is 42.0 Å². The summed E-state index contributed by atoms with van der Waals surface area (Å²) in [6.07, 6.45) is 6.40. The highest BCUT2D eigenvalue weighted by Crippen LogP contribution is 2.12. The predicted octanol–water partition coefficient (Wildman–Crippen LogP) is 4.34. The number of aliphatic hydroxyl groups excluding tert-OH is 1. The lowest BCUT2D eigenvalue weighted by Gasteiger charge is -2.20. The zero-order chi connectivity index (χ0) is 36.5. The van der Waals surface area contributed by atoms with E-state index < -0.39 is 29.6 Å². The number of benzene rings is 1. The van der Waals surface area contributed by atoms with Gasteiger partial charge >= 0.3 is 6.09 Å². The fourth-order valence-corrected chi connectivity index (χ4v) is 4.07. The van der Waals surface area contributed by atoms with Crippen molar-refractivity contribution >= 4 is 41.3 Å². The highest BCUT2D eigenvalue weighted by atomic mass is 16.6. The van der Waals surface area contributed by atoms with Crippen molar-refractivity contribution in [2.75, 3.05) is 25.0 Å². The largest absolute Gasteiger partial charge is 0.444 e. The van der Waals surface area contributed by atoms with Crippen LogP contribution in [0.3, 0.4) is 0 Å². The number of rotatable bonds is 17. The van der Waals surface area contributed by atoms with Crippen molar-refractivity contribution in [1.82, 2.24) is 20.9 Å². The van der Waals surface area contributed by atoms with Gasteiger partial charge in [-0.2, -0.15) is 0 Å². The predicted molar refractivity (Wildman–Crippen MR) is 186 cm³/mol. The fraction of sp³-hybridized carbons (Fsp3) is 0.600. The number of nitrogens with zero attached hydrogens (tertiary/aromatic N) is 1. The molecule has 6 amide bonds. The summed E-state index contributed by atoms with van der Waals surface area (Å²) in [4.78, 5) is 73.9. The molecule has 1 aliphatic rings. The van der Waals surface area contributed by atoms with Crippen LogP contribution in [0, 0.1) is 0 Å². The molecule has 13 heteroatoms. The summed E-state index contributed by atoms with van der Waals surface area (Å²) in [6.45, 7) is 13.7. The Labute approximate surface area is 285 Å². The number of ether oxygens (including phenoxy) is 1. The SMILES string of the molecule is CC.CC(C)(C)OC(=O)NCCCCC(NC(=O)CNC(=O)CCCCCN1C(=O)C=CC1=O)C(=O)Nc1ccc(CO)cc1.CCC. The molecule has 2 rings (SSSR count). The first-order valence-corrected chi connectivity index (χ1v) is 16.9. The molecule has 0 aliphatic carbocycles. The smallest absolute Gasteiger partial charge is 0.407 e. The number of carbonyl (C=O) groups excluding carboxylic acids is 6. The summed E-state index contributed by atoms with van der Waals surface area (Å²) in [5.74, 6) is -1.98. The molecule has 0 radical (unpaired) electrons. The van der Waals surface area contributed by atoms with E-state index in [1.807, 2.05) is 13.8 Å². The summed E-state index contributed by atoms with van der Waals surface area (Å²) in [5.41, 5.74) is 0.567. The molecule has 1 aliphatic heterocycles. The van der Waals surface area contributed by atoms with E-state index in [2.05, 4.69) is 35.1 Å². The Balaban J connectivity index is 0.00000417. The lowest BCUT2D eigenvalue weighted by atomic mass is 10.1. The lowest BCUT2D eigenvalue weighted by molar-refractivity contribution is -0.137. The maximum Gasteiger partial charge on any atom is 0.407 e. The Morgan fingerprint density at radius 2 is 1.46 bits per heavy atom. The molecule has 13 nitrogen and oxygen atoms in total. The first-order chi connectivity index (χ1) is 22.8. The number of amides is 6. The molecule has 1 aromatic carbocycles. The van der Waals surface area contributed by atoms with Crippen LogP contribution in [-0.4, -0.2) is 76.9 Å². The Hall–Kier alpha value is -4.26. The quantitative estimate of drug-likeness (QED) is 0.119. The zero-order valence-electron chi connectivity index (χ0n) is 29.8. The minimum Gasteiger partial charge on any atom is -0.444 e. The molecular formula is C35H57N5O8.